The Morgan fingerprint density at radius 1 is 1.07 bits per heavy atom. The molecule has 0 spiro atoms. The number of hydrogen-bond acceptors (Lipinski definition) is 5. The number of nitrogens with zero attached hydrogens (tertiary/aromatic N) is 2. The third-order valence-electron chi connectivity index (χ3n) is 5.31. The molecule has 4 rings (SSSR count). The standard InChI is InChI=1S/C22H24N4O/c1-14-7-8-16(13-27)18(11-14)15-9-10-20-19(12-15)21(26-22(23)25-20)24-17-5-3-2-4-6-17/h7-13,17H,2-6H2,1H3,(H3,23,24,25,26). The van der Waals surface area contributed by atoms with Crippen molar-refractivity contribution in [3.63, 3.8) is 0 Å². The Bertz CT molecular complexity index is 993. The molecule has 5 heteroatoms. The lowest BCUT2D eigenvalue weighted by atomic mass is 9.95. The van der Waals surface area contributed by atoms with E-state index >= 15 is 0 Å². The van der Waals surface area contributed by atoms with E-state index in [4.69, 9.17) is 5.73 Å². The van der Waals surface area contributed by atoms with E-state index < -0.39 is 0 Å². The molecule has 3 aromatic rings. The van der Waals surface area contributed by atoms with E-state index in [2.05, 4.69) is 21.4 Å². The van der Waals surface area contributed by atoms with Gasteiger partial charge in [0.15, 0.2) is 6.29 Å². The van der Waals surface area contributed by atoms with Crippen LogP contribution in [0.25, 0.3) is 22.0 Å². The van der Waals surface area contributed by atoms with Crippen molar-refractivity contribution in [3.8, 4) is 11.1 Å². The zero-order chi connectivity index (χ0) is 18.8. The highest BCUT2D eigenvalue weighted by Gasteiger charge is 2.16. The van der Waals surface area contributed by atoms with Gasteiger partial charge in [-0.05, 0) is 43.0 Å². The monoisotopic (exact) mass is 360 g/mol. The van der Waals surface area contributed by atoms with Crippen LogP contribution in [0.4, 0.5) is 11.8 Å². The number of carbonyl (C=O) groups is 1. The summed E-state index contributed by atoms with van der Waals surface area (Å²) in [6, 6.07) is 12.3. The summed E-state index contributed by atoms with van der Waals surface area (Å²) < 4.78 is 0. The minimum atomic E-state index is 0.276. The van der Waals surface area contributed by atoms with Crippen molar-refractivity contribution >= 4 is 29.0 Å². The van der Waals surface area contributed by atoms with Crippen molar-refractivity contribution in [2.24, 2.45) is 0 Å². The number of aromatic nitrogens is 2. The van der Waals surface area contributed by atoms with Gasteiger partial charge < -0.3 is 11.1 Å². The van der Waals surface area contributed by atoms with Crippen molar-refractivity contribution in [2.75, 3.05) is 11.1 Å². The van der Waals surface area contributed by atoms with E-state index in [-0.39, 0.29) is 5.95 Å². The van der Waals surface area contributed by atoms with Crippen LogP contribution in [-0.2, 0) is 0 Å². The van der Waals surface area contributed by atoms with Gasteiger partial charge in [-0.25, -0.2) is 4.98 Å². The predicted molar refractivity (Wildman–Crippen MR) is 110 cm³/mol. The smallest absolute Gasteiger partial charge is 0.222 e. The molecule has 0 saturated heterocycles. The normalized spacial score (nSPS) is 15.0. The number of fused-ring (bicyclic) bond motifs is 1. The number of rotatable bonds is 4. The Morgan fingerprint density at radius 2 is 1.89 bits per heavy atom. The highest BCUT2D eigenvalue weighted by molar-refractivity contribution is 5.96. The molecule has 5 nitrogen and oxygen atoms in total. The third kappa shape index (κ3) is 3.63. The van der Waals surface area contributed by atoms with Crippen molar-refractivity contribution in [1.29, 1.82) is 0 Å². The maximum absolute atomic E-state index is 11.5. The van der Waals surface area contributed by atoms with E-state index in [1.165, 1.54) is 19.3 Å². The van der Waals surface area contributed by atoms with Gasteiger partial charge in [0.05, 0.1) is 5.52 Å². The van der Waals surface area contributed by atoms with E-state index in [9.17, 15) is 4.79 Å². The van der Waals surface area contributed by atoms with Gasteiger partial charge in [0.25, 0.3) is 0 Å². The SMILES string of the molecule is Cc1ccc(C=O)c(-c2ccc3nc(N)nc(NC4CCCCC4)c3c2)c1. The van der Waals surface area contributed by atoms with Gasteiger partial charge in [-0.3, -0.25) is 4.79 Å². The molecule has 1 aromatic heterocycles. The highest BCUT2D eigenvalue weighted by atomic mass is 16.1. The number of benzene rings is 2. The molecule has 0 aliphatic heterocycles. The Balaban J connectivity index is 1.81. The van der Waals surface area contributed by atoms with Crippen LogP contribution in [0.3, 0.4) is 0 Å². The van der Waals surface area contributed by atoms with Crippen molar-refractivity contribution in [2.45, 2.75) is 45.1 Å². The summed E-state index contributed by atoms with van der Waals surface area (Å²) in [5.41, 5.74) is 10.4. The molecule has 0 radical (unpaired) electrons. The van der Waals surface area contributed by atoms with Crippen LogP contribution in [0.5, 0.6) is 0 Å². The van der Waals surface area contributed by atoms with Gasteiger partial charge in [-0.15, -0.1) is 0 Å². The lowest BCUT2D eigenvalue weighted by molar-refractivity contribution is 0.112. The van der Waals surface area contributed by atoms with Crippen molar-refractivity contribution in [3.05, 3.63) is 47.5 Å². The zero-order valence-corrected chi connectivity index (χ0v) is 15.5. The third-order valence-corrected chi connectivity index (χ3v) is 5.31. The number of nitrogens with one attached hydrogen (secondary N) is 1. The molecule has 1 heterocycles. The van der Waals surface area contributed by atoms with Crippen LogP contribution >= 0.6 is 0 Å². The number of carbonyl (C=O) groups excluding carboxylic acids is 1. The topological polar surface area (TPSA) is 80.9 Å². The Labute approximate surface area is 159 Å². The van der Waals surface area contributed by atoms with Crippen molar-refractivity contribution < 1.29 is 4.79 Å². The molecule has 0 amide bonds. The number of hydrogen-bond donors (Lipinski definition) is 2. The quantitative estimate of drug-likeness (QED) is 0.657. The fourth-order valence-corrected chi connectivity index (χ4v) is 3.89. The second-order valence-electron chi connectivity index (χ2n) is 7.35. The Morgan fingerprint density at radius 3 is 2.67 bits per heavy atom. The molecule has 138 valence electrons. The average molecular weight is 360 g/mol. The Hall–Kier alpha value is -2.95. The molecule has 0 unspecified atom stereocenters. The molecule has 1 saturated carbocycles. The zero-order valence-electron chi connectivity index (χ0n) is 15.5. The molecule has 1 aliphatic carbocycles. The van der Waals surface area contributed by atoms with E-state index in [0.29, 0.717) is 11.6 Å². The maximum atomic E-state index is 11.5. The fourth-order valence-electron chi connectivity index (χ4n) is 3.89. The molecule has 27 heavy (non-hydrogen) atoms. The summed E-state index contributed by atoms with van der Waals surface area (Å²) >= 11 is 0. The van der Waals surface area contributed by atoms with E-state index in [0.717, 1.165) is 52.5 Å². The number of anilines is 2. The fraction of sp³-hybridized carbons (Fsp3) is 0.318. The van der Waals surface area contributed by atoms with Gasteiger partial charge in [-0.2, -0.15) is 4.98 Å². The van der Waals surface area contributed by atoms with Crippen LogP contribution in [0, 0.1) is 6.92 Å². The summed E-state index contributed by atoms with van der Waals surface area (Å²) in [5, 5.41) is 4.52. The first-order valence-corrected chi connectivity index (χ1v) is 9.54. The highest BCUT2D eigenvalue weighted by Crippen LogP contribution is 2.31. The van der Waals surface area contributed by atoms with Gasteiger partial charge in [0, 0.05) is 17.0 Å². The Kier molecular flexibility index (Phi) is 4.75. The number of aldehydes is 1. The van der Waals surface area contributed by atoms with Crippen LogP contribution in [-0.4, -0.2) is 22.3 Å². The predicted octanol–water partition coefficient (Wildman–Crippen LogP) is 4.74. The number of nitrogens with two attached hydrogens (primary N) is 1. The first-order valence-electron chi connectivity index (χ1n) is 9.54. The molecule has 1 fully saturated rings. The lowest BCUT2D eigenvalue weighted by Crippen LogP contribution is -2.23. The average Bonchev–Trinajstić information content (AvgIpc) is 2.68. The van der Waals surface area contributed by atoms with Crippen LogP contribution in [0.2, 0.25) is 0 Å². The second kappa shape index (κ2) is 7.35. The maximum Gasteiger partial charge on any atom is 0.222 e. The van der Waals surface area contributed by atoms with Gasteiger partial charge in [-0.1, -0.05) is 49.1 Å². The summed E-state index contributed by atoms with van der Waals surface area (Å²) in [6.07, 6.45) is 6.99. The minimum Gasteiger partial charge on any atom is -0.368 e. The lowest BCUT2D eigenvalue weighted by Gasteiger charge is -2.24. The number of nitrogen functional groups attached to an aromatic ring is 1. The van der Waals surface area contributed by atoms with Crippen LogP contribution in [0.15, 0.2) is 36.4 Å². The molecule has 3 N–H and O–H groups in total. The summed E-state index contributed by atoms with van der Waals surface area (Å²) in [4.78, 5) is 20.4. The van der Waals surface area contributed by atoms with Crippen molar-refractivity contribution in [1.82, 2.24) is 9.97 Å². The first kappa shape index (κ1) is 17.5. The van der Waals surface area contributed by atoms with Crippen LogP contribution < -0.4 is 11.1 Å². The molecule has 1 aliphatic rings. The van der Waals surface area contributed by atoms with Gasteiger partial charge >= 0.3 is 0 Å². The van der Waals surface area contributed by atoms with Crippen LogP contribution in [0.1, 0.15) is 48.0 Å². The minimum absolute atomic E-state index is 0.276. The number of aryl methyl sites for hydroxylation is 1. The summed E-state index contributed by atoms with van der Waals surface area (Å²) in [6.45, 7) is 2.03. The van der Waals surface area contributed by atoms with Gasteiger partial charge in [0.2, 0.25) is 5.95 Å². The molecular formula is C22H24N4O. The molecule has 0 bridgehead atoms. The molecule has 2 aromatic carbocycles. The molecular weight excluding hydrogens is 336 g/mol. The summed E-state index contributed by atoms with van der Waals surface area (Å²) in [7, 11) is 0. The largest absolute Gasteiger partial charge is 0.368 e. The first-order chi connectivity index (χ1) is 13.1. The second-order valence-corrected chi connectivity index (χ2v) is 7.35. The van der Waals surface area contributed by atoms with E-state index in [1.807, 2.05) is 37.3 Å². The summed E-state index contributed by atoms with van der Waals surface area (Å²) in [5.74, 6) is 1.06. The van der Waals surface area contributed by atoms with Gasteiger partial charge in [0.1, 0.15) is 5.82 Å². The molecule has 0 atom stereocenters. The van der Waals surface area contributed by atoms with E-state index in [1.54, 1.807) is 0 Å².